The number of hydrogen-bond acceptors (Lipinski definition) is 6. The Morgan fingerprint density at radius 2 is 0.853 bits per heavy atom. The van der Waals surface area contributed by atoms with Gasteiger partial charge in [0.1, 0.15) is 0 Å². The summed E-state index contributed by atoms with van der Waals surface area (Å²) in [5, 5.41) is 1.25. The molecule has 0 heterocycles. The summed E-state index contributed by atoms with van der Waals surface area (Å²) in [7, 11) is 0. The lowest BCUT2D eigenvalue weighted by Crippen LogP contribution is -2.43. The molecule has 0 fully saturated rings. The van der Waals surface area contributed by atoms with Crippen LogP contribution in [0.2, 0.25) is 0 Å². The van der Waals surface area contributed by atoms with Crippen LogP contribution in [-0.2, 0) is 9.59 Å². The van der Waals surface area contributed by atoms with Gasteiger partial charge in [-0.25, -0.2) is 21.7 Å². The lowest BCUT2D eigenvalue weighted by molar-refractivity contribution is -0.129. The Morgan fingerprint density at radius 3 is 1.18 bits per heavy atom. The first-order valence-corrected chi connectivity index (χ1v) is 12.7. The molecule has 0 unspecified atom stereocenters. The average Bonchev–Trinajstić information content (AvgIpc) is 2.86. The summed E-state index contributed by atoms with van der Waals surface area (Å²) in [6.07, 6.45) is 12.8. The molecule has 0 aromatic heterocycles. The Morgan fingerprint density at radius 1 is 0.559 bits per heavy atom. The van der Waals surface area contributed by atoms with Gasteiger partial charge in [0.05, 0.1) is 0 Å². The van der Waals surface area contributed by atoms with E-state index in [1.807, 2.05) is 0 Å². The van der Waals surface area contributed by atoms with Crippen LogP contribution in [0.15, 0.2) is 24.3 Å². The maximum Gasteiger partial charge on any atom is 0.274 e. The van der Waals surface area contributed by atoms with Gasteiger partial charge in [-0.05, 0) is 37.1 Å². The number of unbranched alkanes of at least 4 members (excludes halogenated alkanes) is 10. The molecule has 0 atom stereocenters. The van der Waals surface area contributed by atoms with Crippen LogP contribution < -0.4 is 11.7 Å². The predicted molar refractivity (Wildman–Crippen MR) is 133 cm³/mol. The van der Waals surface area contributed by atoms with Crippen LogP contribution in [0.4, 0.5) is 0 Å². The molecule has 1 rings (SSSR count). The number of carbonyl (C=O) groups excluding carboxylic acids is 4. The van der Waals surface area contributed by atoms with Gasteiger partial charge in [-0.2, -0.15) is 0 Å². The van der Waals surface area contributed by atoms with Crippen molar-refractivity contribution in [1.82, 2.24) is 10.0 Å². The topological polar surface area (TPSA) is 127 Å². The van der Waals surface area contributed by atoms with Gasteiger partial charge in [0.2, 0.25) is 11.8 Å². The van der Waals surface area contributed by atoms with Crippen molar-refractivity contribution in [1.29, 1.82) is 0 Å². The number of rotatable bonds is 16. The van der Waals surface area contributed by atoms with Gasteiger partial charge in [-0.1, -0.05) is 78.1 Å². The van der Waals surface area contributed by atoms with Crippen molar-refractivity contribution in [2.45, 2.75) is 104 Å². The fourth-order valence-electron chi connectivity index (χ4n) is 3.61. The van der Waals surface area contributed by atoms with E-state index in [9.17, 15) is 19.2 Å². The molecule has 34 heavy (non-hydrogen) atoms. The molecular weight excluding hydrogens is 432 g/mol. The Labute approximate surface area is 204 Å². The highest BCUT2D eigenvalue weighted by Crippen LogP contribution is 2.12. The molecule has 0 bridgehead atoms. The number of nitrogens with zero attached hydrogens (tertiary/aromatic N) is 2. The van der Waals surface area contributed by atoms with Gasteiger partial charge in [0, 0.05) is 24.0 Å². The SMILES string of the molecule is CCCCCCCCC(=O)N(N)C(=O)c1ccc(C(=O)N(N)C(=O)CCCCCCCC)cc1. The average molecular weight is 475 g/mol. The van der Waals surface area contributed by atoms with Gasteiger partial charge in [0.15, 0.2) is 0 Å². The monoisotopic (exact) mass is 474 g/mol. The molecule has 8 heteroatoms. The summed E-state index contributed by atoms with van der Waals surface area (Å²) in [6, 6.07) is 5.61. The molecule has 0 aliphatic carbocycles. The first kappa shape index (κ1) is 29.5. The highest BCUT2D eigenvalue weighted by molar-refractivity contribution is 6.06. The van der Waals surface area contributed by atoms with E-state index in [0.717, 1.165) is 51.4 Å². The maximum atomic E-state index is 12.5. The number of benzene rings is 1. The van der Waals surface area contributed by atoms with E-state index in [1.165, 1.54) is 37.1 Å². The van der Waals surface area contributed by atoms with Crippen molar-refractivity contribution in [3.63, 3.8) is 0 Å². The second-order valence-corrected chi connectivity index (χ2v) is 8.75. The van der Waals surface area contributed by atoms with E-state index < -0.39 is 23.6 Å². The Kier molecular flexibility index (Phi) is 14.7. The first-order valence-electron chi connectivity index (χ1n) is 12.7. The van der Waals surface area contributed by atoms with Crippen LogP contribution in [0, 0.1) is 0 Å². The molecule has 1 aromatic rings. The van der Waals surface area contributed by atoms with Gasteiger partial charge in [-0.15, -0.1) is 0 Å². The minimum absolute atomic E-state index is 0.178. The van der Waals surface area contributed by atoms with Crippen LogP contribution >= 0.6 is 0 Å². The number of carbonyl (C=O) groups is 4. The summed E-state index contributed by atoms with van der Waals surface area (Å²) >= 11 is 0. The van der Waals surface area contributed by atoms with E-state index in [2.05, 4.69) is 13.8 Å². The van der Waals surface area contributed by atoms with Crippen molar-refractivity contribution in [2.75, 3.05) is 0 Å². The molecule has 0 radical (unpaired) electrons. The number of imide groups is 2. The van der Waals surface area contributed by atoms with E-state index in [4.69, 9.17) is 11.7 Å². The van der Waals surface area contributed by atoms with Gasteiger partial charge in [0.25, 0.3) is 11.8 Å². The van der Waals surface area contributed by atoms with Crippen LogP contribution in [0.3, 0.4) is 0 Å². The molecule has 4 amide bonds. The minimum Gasteiger partial charge on any atom is -0.273 e. The Hall–Kier alpha value is -2.58. The molecular formula is C26H42N4O4. The van der Waals surface area contributed by atoms with Crippen molar-refractivity contribution < 1.29 is 19.2 Å². The number of amides is 4. The zero-order valence-corrected chi connectivity index (χ0v) is 20.9. The molecule has 0 spiro atoms. The van der Waals surface area contributed by atoms with Crippen molar-refractivity contribution in [3.05, 3.63) is 35.4 Å². The van der Waals surface area contributed by atoms with Gasteiger partial charge < -0.3 is 0 Å². The van der Waals surface area contributed by atoms with Crippen LogP contribution in [-0.4, -0.2) is 33.6 Å². The molecule has 0 saturated carbocycles. The standard InChI is InChI=1S/C26H42N4O4/c1-3-5-7-9-11-13-15-23(31)29(27)25(33)21-17-19-22(20-18-21)26(34)30(28)24(32)16-14-12-10-8-6-4-2/h17-20H,3-16,27-28H2,1-2H3. The number of hydrogen-bond donors (Lipinski definition) is 2. The van der Waals surface area contributed by atoms with Crippen LogP contribution in [0.1, 0.15) is 124 Å². The summed E-state index contributed by atoms with van der Waals surface area (Å²) < 4.78 is 0. The highest BCUT2D eigenvalue weighted by atomic mass is 16.2. The third-order valence-corrected chi connectivity index (χ3v) is 5.84. The van der Waals surface area contributed by atoms with Gasteiger partial charge >= 0.3 is 0 Å². The largest absolute Gasteiger partial charge is 0.274 e. The zero-order chi connectivity index (χ0) is 25.3. The quantitative estimate of drug-likeness (QED) is 0.152. The predicted octanol–water partition coefficient (Wildman–Crippen LogP) is 4.87. The van der Waals surface area contributed by atoms with E-state index >= 15 is 0 Å². The molecule has 4 N–H and O–H groups in total. The van der Waals surface area contributed by atoms with Crippen molar-refractivity contribution in [2.24, 2.45) is 11.7 Å². The fourth-order valence-corrected chi connectivity index (χ4v) is 3.61. The third kappa shape index (κ3) is 10.6. The lowest BCUT2D eigenvalue weighted by Gasteiger charge is -2.16. The van der Waals surface area contributed by atoms with E-state index in [0.29, 0.717) is 22.9 Å². The first-order chi connectivity index (χ1) is 16.3. The minimum atomic E-state index is -0.640. The smallest absolute Gasteiger partial charge is 0.273 e. The molecule has 1 aromatic carbocycles. The molecule has 0 aliphatic heterocycles. The van der Waals surface area contributed by atoms with Gasteiger partial charge in [-0.3, -0.25) is 19.2 Å². The normalized spacial score (nSPS) is 10.7. The maximum absolute atomic E-state index is 12.5. The third-order valence-electron chi connectivity index (χ3n) is 5.84. The summed E-state index contributed by atoms with van der Waals surface area (Å²) in [5.74, 6) is 9.29. The fraction of sp³-hybridized carbons (Fsp3) is 0.615. The molecule has 0 saturated heterocycles. The molecule has 0 aliphatic rings. The summed E-state index contributed by atoms with van der Waals surface area (Å²) in [4.78, 5) is 49.4. The lowest BCUT2D eigenvalue weighted by atomic mass is 10.1. The molecule has 190 valence electrons. The number of nitrogens with two attached hydrogens (primary N) is 2. The molecule has 8 nitrogen and oxygen atoms in total. The zero-order valence-electron chi connectivity index (χ0n) is 20.9. The van der Waals surface area contributed by atoms with Crippen LogP contribution in [0.5, 0.6) is 0 Å². The second-order valence-electron chi connectivity index (χ2n) is 8.75. The summed E-state index contributed by atoms with van der Waals surface area (Å²) in [5.41, 5.74) is 0.356. The van der Waals surface area contributed by atoms with Crippen molar-refractivity contribution in [3.8, 4) is 0 Å². The van der Waals surface area contributed by atoms with Crippen LogP contribution in [0.25, 0.3) is 0 Å². The Balaban J connectivity index is 2.51. The Bertz CT molecular complexity index is 715. The van der Waals surface area contributed by atoms with E-state index in [1.54, 1.807) is 0 Å². The highest BCUT2D eigenvalue weighted by Gasteiger charge is 2.22. The van der Waals surface area contributed by atoms with E-state index in [-0.39, 0.29) is 24.0 Å². The van der Waals surface area contributed by atoms with Crippen molar-refractivity contribution >= 4 is 23.6 Å². The second kappa shape index (κ2) is 16.9. The summed E-state index contributed by atoms with van der Waals surface area (Å²) in [6.45, 7) is 4.29. The number of hydrazine groups is 2.